The van der Waals surface area contributed by atoms with E-state index in [9.17, 15) is 0 Å². The summed E-state index contributed by atoms with van der Waals surface area (Å²) in [7, 11) is 0. The van der Waals surface area contributed by atoms with Crippen molar-refractivity contribution < 1.29 is 0 Å². The Labute approximate surface area is 76.0 Å². The molecule has 0 unspecified atom stereocenters. The maximum atomic E-state index is 4.30. The van der Waals surface area contributed by atoms with Crippen molar-refractivity contribution in [2.24, 2.45) is 0 Å². The van der Waals surface area contributed by atoms with Crippen molar-refractivity contribution in [3.05, 3.63) is 36.0 Å². The second kappa shape index (κ2) is 3.26. The van der Waals surface area contributed by atoms with Crippen LogP contribution in [0.2, 0.25) is 0 Å². The van der Waals surface area contributed by atoms with Crippen molar-refractivity contribution in [2.75, 3.05) is 0 Å². The molecule has 1 N–H and O–H groups in total. The summed E-state index contributed by atoms with van der Waals surface area (Å²) in [4.78, 5) is 0. The van der Waals surface area contributed by atoms with Gasteiger partial charge in [-0.05, 0) is 19.1 Å². The van der Waals surface area contributed by atoms with Crippen molar-refractivity contribution >= 4 is 11.5 Å². The van der Waals surface area contributed by atoms with Crippen LogP contribution in [0.4, 0.5) is 11.5 Å². The second-order valence-electron chi connectivity index (χ2n) is 2.71. The highest BCUT2D eigenvalue weighted by molar-refractivity contribution is 5.45. The molecule has 0 spiro atoms. The highest BCUT2D eigenvalue weighted by atomic mass is 15.4. The normalized spacial score (nSPS) is 9.92. The van der Waals surface area contributed by atoms with Gasteiger partial charge in [0.25, 0.3) is 0 Å². The van der Waals surface area contributed by atoms with Crippen LogP contribution in [0.3, 0.4) is 0 Å². The summed E-state index contributed by atoms with van der Waals surface area (Å²) in [5.41, 5.74) is 1.77. The first-order chi connectivity index (χ1) is 6.36. The van der Waals surface area contributed by atoms with Gasteiger partial charge >= 0.3 is 0 Å². The highest BCUT2D eigenvalue weighted by Gasteiger charge is 2.03. The zero-order valence-corrected chi connectivity index (χ0v) is 7.23. The Hall–Kier alpha value is -1.84. The molecule has 0 atom stereocenters. The van der Waals surface area contributed by atoms with E-state index in [0.29, 0.717) is 5.82 Å². The van der Waals surface area contributed by atoms with Crippen molar-refractivity contribution in [1.29, 1.82) is 0 Å². The lowest BCUT2D eigenvalue weighted by Gasteiger charge is -1.97. The fraction of sp³-hybridized carbons (Fsp3) is 0.111. The van der Waals surface area contributed by atoms with Crippen LogP contribution in [0.1, 0.15) is 5.69 Å². The number of aryl methyl sites for hydroxylation is 1. The third-order valence-corrected chi connectivity index (χ3v) is 1.69. The number of rotatable bonds is 2. The summed E-state index contributed by atoms with van der Waals surface area (Å²) >= 11 is 0. The monoisotopic (exact) mass is 173 g/mol. The second-order valence-corrected chi connectivity index (χ2v) is 2.71. The van der Waals surface area contributed by atoms with Gasteiger partial charge in [-0.1, -0.05) is 23.4 Å². The van der Waals surface area contributed by atoms with Gasteiger partial charge in [0.05, 0.1) is 11.4 Å². The van der Waals surface area contributed by atoms with Gasteiger partial charge in [0.15, 0.2) is 5.82 Å². The zero-order valence-electron chi connectivity index (χ0n) is 7.23. The van der Waals surface area contributed by atoms with E-state index in [4.69, 9.17) is 0 Å². The molecular weight excluding hydrogens is 164 g/mol. The minimum absolute atomic E-state index is 0.645. The lowest BCUT2D eigenvalue weighted by atomic mass is 10.3. The molecule has 2 rings (SSSR count). The van der Waals surface area contributed by atoms with Crippen molar-refractivity contribution in [2.45, 2.75) is 6.92 Å². The van der Waals surface area contributed by atoms with E-state index >= 15 is 0 Å². The van der Waals surface area contributed by atoms with E-state index in [-0.39, 0.29) is 0 Å². The average Bonchev–Trinajstić information content (AvgIpc) is 2.54. The largest absolute Gasteiger partial charge is 0.260 e. The summed E-state index contributed by atoms with van der Waals surface area (Å²) in [6, 6.07) is 9.68. The van der Waals surface area contributed by atoms with Crippen LogP contribution in [0.15, 0.2) is 30.3 Å². The Morgan fingerprint density at radius 1 is 1.23 bits per heavy atom. The molecule has 13 heavy (non-hydrogen) atoms. The fourth-order valence-corrected chi connectivity index (χ4v) is 1.00. The first-order valence-corrected chi connectivity index (χ1v) is 4.01. The molecule has 4 nitrogen and oxygen atoms in total. The third-order valence-electron chi connectivity index (χ3n) is 1.69. The SMILES string of the molecule is Cc1[nH]nnc1[N]c1ccccc1. The van der Waals surface area contributed by atoms with Gasteiger partial charge in [0.2, 0.25) is 0 Å². The maximum absolute atomic E-state index is 4.30. The quantitative estimate of drug-likeness (QED) is 0.751. The minimum atomic E-state index is 0.645. The topological polar surface area (TPSA) is 55.7 Å². The van der Waals surface area contributed by atoms with Crippen LogP contribution in [0.25, 0.3) is 0 Å². The van der Waals surface area contributed by atoms with Crippen molar-refractivity contribution in [3.63, 3.8) is 0 Å². The van der Waals surface area contributed by atoms with E-state index < -0.39 is 0 Å². The number of hydrogen-bond donors (Lipinski definition) is 1. The number of hydrogen-bond acceptors (Lipinski definition) is 2. The van der Waals surface area contributed by atoms with E-state index in [1.54, 1.807) is 0 Å². The molecule has 1 aromatic heterocycles. The summed E-state index contributed by atoms with van der Waals surface area (Å²) in [6.07, 6.45) is 0. The molecule has 0 amide bonds. The van der Waals surface area contributed by atoms with Crippen LogP contribution in [-0.4, -0.2) is 15.4 Å². The number of aromatic amines is 1. The number of H-pyrrole nitrogens is 1. The molecule has 1 radical (unpaired) electrons. The Balaban J connectivity index is 2.20. The number of benzene rings is 1. The summed E-state index contributed by atoms with van der Waals surface area (Å²) < 4.78 is 0. The molecule has 1 aromatic carbocycles. The van der Waals surface area contributed by atoms with E-state index in [1.807, 2.05) is 37.3 Å². The Morgan fingerprint density at radius 3 is 2.62 bits per heavy atom. The third kappa shape index (κ3) is 1.66. The van der Waals surface area contributed by atoms with Gasteiger partial charge in [0, 0.05) is 0 Å². The van der Waals surface area contributed by atoms with E-state index in [0.717, 1.165) is 11.4 Å². The molecule has 2 aromatic rings. The molecule has 0 aliphatic rings. The number of aromatic nitrogens is 3. The molecule has 0 saturated heterocycles. The molecule has 65 valence electrons. The Kier molecular flexibility index (Phi) is 1.96. The van der Waals surface area contributed by atoms with Gasteiger partial charge in [-0.25, -0.2) is 5.32 Å². The summed E-state index contributed by atoms with van der Waals surface area (Å²) in [5.74, 6) is 0.645. The number of para-hydroxylation sites is 1. The lowest BCUT2D eigenvalue weighted by molar-refractivity contribution is 0.920. The average molecular weight is 173 g/mol. The first-order valence-electron chi connectivity index (χ1n) is 4.01. The molecular formula is C9H9N4. The predicted molar refractivity (Wildman–Crippen MR) is 49.0 cm³/mol. The van der Waals surface area contributed by atoms with Crippen molar-refractivity contribution in [1.82, 2.24) is 20.7 Å². The standard InChI is InChI=1S/C9H9N4/c1-7-9(12-13-11-7)10-8-5-3-2-4-6-8/h2-6H,1H3,(H,11,12,13). The van der Waals surface area contributed by atoms with Gasteiger partial charge in [-0.3, -0.25) is 5.10 Å². The smallest absolute Gasteiger partial charge is 0.197 e. The molecule has 0 fully saturated rings. The molecule has 0 aliphatic heterocycles. The maximum Gasteiger partial charge on any atom is 0.197 e. The van der Waals surface area contributed by atoms with Gasteiger partial charge in [-0.15, -0.1) is 5.10 Å². The predicted octanol–water partition coefficient (Wildman–Crippen LogP) is 1.68. The molecule has 0 aliphatic carbocycles. The van der Waals surface area contributed by atoms with Crippen LogP contribution in [0, 0.1) is 6.92 Å². The molecule has 0 saturated carbocycles. The fourth-order valence-electron chi connectivity index (χ4n) is 1.00. The number of nitrogens with zero attached hydrogens (tertiary/aromatic N) is 3. The van der Waals surface area contributed by atoms with Crippen LogP contribution in [0.5, 0.6) is 0 Å². The molecule has 4 heteroatoms. The molecule has 1 heterocycles. The van der Waals surface area contributed by atoms with Crippen LogP contribution in [-0.2, 0) is 0 Å². The zero-order chi connectivity index (χ0) is 9.10. The molecule has 0 bridgehead atoms. The van der Waals surface area contributed by atoms with E-state index in [1.165, 1.54) is 0 Å². The summed E-state index contributed by atoms with van der Waals surface area (Å²) in [5, 5.41) is 14.5. The van der Waals surface area contributed by atoms with Gasteiger partial charge in [-0.2, -0.15) is 0 Å². The van der Waals surface area contributed by atoms with Crippen molar-refractivity contribution in [3.8, 4) is 0 Å². The van der Waals surface area contributed by atoms with Gasteiger partial charge in [0.1, 0.15) is 0 Å². The highest BCUT2D eigenvalue weighted by Crippen LogP contribution is 2.14. The summed E-state index contributed by atoms with van der Waals surface area (Å²) in [6.45, 7) is 1.89. The van der Waals surface area contributed by atoms with E-state index in [2.05, 4.69) is 20.7 Å². The number of nitrogens with one attached hydrogen (secondary N) is 1. The minimum Gasteiger partial charge on any atom is -0.260 e. The van der Waals surface area contributed by atoms with Gasteiger partial charge < -0.3 is 0 Å². The lowest BCUT2D eigenvalue weighted by Crippen LogP contribution is -1.90. The first kappa shape index (κ1) is 7.79. The van der Waals surface area contributed by atoms with Crippen LogP contribution >= 0.6 is 0 Å². The Morgan fingerprint density at radius 2 is 2.00 bits per heavy atom. The van der Waals surface area contributed by atoms with Crippen LogP contribution < -0.4 is 5.32 Å². The Bertz CT molecular complexity index is 380.